The van der Waals surface area contributed by atoms with Gasteiger partial charge >= 0.3 is 0 Å². The predicted molar refractivity (Wildman–Crippen MR) is 108 cm³/mol. The van der Waals surface area contributed by atoms with Gasteiger partial charge in [0.05, 0.1) is 23.5 Å². The highest BCUT2D eigenvalue weighted by Crippen LogP contribution is 2.32. The quantitative estimate of drug-likeness (QED) is 0.489. The van der Waals surface area contributed by atoms with Crippen molar-refractivity contribution in [3.05, 3.63) is 40.9 Å². The number of nitrogens with one attached hydrogen (secondary N) is 1. The van der Waals surface area contributed by atoms with Gasteiger partial charge in [0.25, 0.3) is 0 Å². The molecule has 28 heavy (non-hydrogen) atoms. The lowest BCUT2D eigenvalue weighted by Gasteiger charge is -2.25. The summed E-state index contributed by atoms with van der Waals surface area (Å²) in [6, 6.07) is 7.35. The number of halogens is 2. The summed E-state index contributed by atoms with van der Waals surface area (Å²) in [5, 5.41) is 0.696. The van der Waals surface area contributed by atoms with Crippen LogP contribution in [0, 0.1) is 12.3 Å². The van der Waals surface area contributed by atoms with Crippen LogP contribution < -0.4 is 9.64 Å². The fourth-order valence-electron chi connectivity index (χ4n) is 3.33. The van der Waals surface area contributed by atoms with Crippen LogP contribution in [-0.4, -0.2) is 51.8 Å². The molecule has 2 atom stereocenters. The molecule has 9 heteroatoms. The maximum absolute atomic E-state index is 6.21. The van der Waals surface area contributed by atoms with Crippen LogP contribution in [0.5, 0.6) is 5.75 Å². The summed E-state index contributed by atoms with van der Waals surface area (Å²) in [5.74, 6) is 3.80. The first-order chi connectivity index (χ1) is 13.7. The minimum atomic E-state index is -0.0531. The first kappa shape index (κ1) is 18.8. The third-order valence-corrected chi connectivity index (χ3v) is 5.04. The molecule has 144 valence electrons. The predicted octanol–water partition coefficient (Wildman–Crippen LogP) is 3.34. The highest BCUT2D eigenvalue weighted by Gasteiger charge is 2.35. The number of rotatable bonds is 6. The van der Waals surface area contributed by atoms with Gasteiger partial charge in [-0.1, -0.05) is 29.7 Å². The summed E-state index contributed by atoms with van der Waals surface area (Å²) in [6.45, 7) is 1.25. The number of nitrogens with zero attached hydrogens (tertiary/aromatic N) is 4. The number of fused-ring (bicyclic) bond motifs is 1. The average Bonchev–Trinajstić information content (AvgIpc) is 3.31. The SMILES string of the molecule is C#CCO[C@H]1C[C@H](COc2ccccc2Cl)N(c2nc(Cl)nc3nc[nH]c23)C1. The topological polar surface area (TPSA) is 76.2 Å². The van der Waals surface area contributed by atoms with E-state index < -0.39 is 0 Å². The zero-order chi connectivity index (χ0) is 19.5. The highest BCUT2D eigenvalue weighted by molar-refractivity contribution is 6.32. The van der Waals surface area contributed by atoms with Crippen molar-refractivity contribution >= 4 is 40.2 Å². The van der Waals surface area contributed by atoms with Crippen LogP contribution in [0.15, 0.2) is 30.6 Å². The van der Waals surface area contributed by atoms with E-state index in [0.717, 1.165) is 6.42 Å². The van der Waals surface area contributed by atoms with Crippen LogP contribution in [0.2, 0.25) is 10.3 Å². The Morgan fingerprint density at radius 2 is 2.14 bits per heavy atom. The standard InChI is InChI=1S/C19H17Cl2N5O2/c1-2-7-27-13-8-12(10-28-15-6-4-3-5-14(15)20)26(9-13)18-16-17(23-11-22-16)24-19(21)25-18/h1,3-6,11-13H,7-10H2,(H,22,23,24,25)/t12-,13+/m1/s1. The second kappa shape index (κ2) is 8.23. The molecular weight excluding hydrogens is 401 g/mol. The molecule has 0 radical (unpaired) electrons. The lowest BCUT2D eigenvalue weighted by molar-refractivity contribution is 0.0903. The monoisotopic (exact) mass is 417 g/mol. The summed E-state index contributed by atoms with van der Waals surface area (Å²) in [5.41, 5.74) is 1.22. The summed E-state index contributed by atoms with van der Waals surface area (Å²) in [4.78, 5) is 17.9. The number of aromatic nitrogens is 4. The molecule has 2 aromatic heterocycles. The van der Waals surface area contributed by atoms with Gasteiger partial charge in [0.15, 0.2) is 11.5 Å². The van der Waals surface area contributed by atoms with Gasteiger partial charge in [-0.25, -0.2) is 4.98 Å². The van der Waals surface area contributed by atoms with Gasteiger partial charge in [-0.3, -0.25) is 0 Å². The Morgan fingerprint density at radius 3 is 2.96 bits per heavy atom. The van der Waals surface area contributed by atoms with E-state index in [0.29, 0.717) is 40.9 Å². The molecule has 3 heterocycles. The first-order valence-electron chi connectivity index (χ1n) is 8.71. The number of terminal acetylenes is 1. The van der Waals surface area contributed by atoms with Crippen LogP contribution in [0.3, 0.4) is 0 Å². The van der Waals surface area contributed by atoms with Crippen LogP contribution in [-0.2, 0) is 4.74 Å². The number of para-hydroxylation sites is 1. The number of hydrogen-bond donors (Lipinski definition) is 1. The molecule has 4 rings (SSSR count). The normalized spacial score (nSPS) is 19.1. The average molecular weight is 418 g/mol. The van der Waals surface area contributed by atoms with E-state index in [-0.39, 0.29) is 24.0 Å². The van der Waals surface area contributed by atoms with Crippen molar-refractivity contribution in [3.63, 3.8) is 0 Å². The van der Waals surface area contributed by atoms with Crippen LogP contribution in [0.1, 0.15) is 6.42 Å². The molecule has 1 aliphatic rings. The van der Waals surface area contributed by atoms with Crippen molar-refractivity contribution in [1.29, 1.82) is 0 Å². The Labute approximate surface area is 172 Å². The second-order valence-corrected chi connectivity index (χ2v) is 7.08. The molecule has 0 spiro atoms. The molecule has 1 aliphatic heterocycles. The largest absolute Gasteiger partial charge is 0.490 e. The fourth-order valence-corrected chi connectivity index (χ4v) is 3.68. The number of imidazole rings is 1. The van der Waals surface area contributed by atoms with Crippen molar-refractivity contribution in [2.45, 2.75) is 18.6 Å². The molecule has 1 fully saturated rings. The fraction of sp³-hybridized carbons (Fsp3) is 0.316. The van der Waals surface area contributed by atoms with Crippen molar-refractivity contribution < 1.29 is 9.47 Å². The molecule has 0 unspecified atom stereocenters. The van der Waals surface area contributed by atoms with Crippen molar-refractivity contribution in [1.82, 2.24) is 19.9 Å². The summed E-state index contributed by atoms with van der Waals surface area (Å²) < 4.78 is 11.7. The van der Waals surface area contributed by atoms with E-state index in [4.69, 9.17) is 39.1 Å². The minimum Gasteiger partial charge on any atom is -0.490 e. The van der Waals surface area contributed by atoms with Crippen LogP contribution >= 0.6 is 23.2 Å². The number of benzene rings is 1. The van der Waals surface area contributed by atoms with Gasteiger partial charge in [0.1, 0.15) is 24.5 Å². The molecule has 1 saturated heterocycles. The van der Waals surface area contributed by atoms with Gasteiger partial charge in [0.2, 0.25) is 5.28 Å². The lowest BCUT2D eigenvalue weighted by atomic mass is 10.2. The highest BCUT2D eigenvalue weighted by atomic mass is 35.5. The van der Waals surface area contributed by atoms with Gasteiger partial charge in [-0.15, -0.1) is 6.42 Å². The zero-order valence-corrected chi connectivity index (χ0v) is 16.3. The maximum atomic E-state index is 6.21. The Morgan fingerprint density at radius 1 is 1.29 bits per heavy atom. The molecule has 0 amide bonds. The minimum absolute atomic E-state index is 0.0171. The van der Waals surface area contributed by atoms with Crippen molar-refractivity contribution in [3.8, 4) is 18.1 Å². The number of H-pyrrole nitrogens is 1. The Balaban J connectivity index is 1.61. The molecule has 0 saturated carbocycles. The summed E-state index contributed by atoms with van der Waals surface area (Å²) in [6.07, 6.45) is 7.58. The van der Waals surface area contributed by atoms with E-state index >= 15 is 0 Å². The summed E-state index contributed by atoms with van der Waals surface area (Å²) >= 11 is 12.3. The number of anilines is 1. The van der Waals surface area contributed by atoms with Crippen LogP contribution in [0.4, 0.5) is 5.82 Å². The zero-order valence-electron chi connectivity index (χ0n) is 14.8. The van der Waals surface area contributed by atoms with Gasteiger partial charge in [-0.2, -0.15) is 9.97 Å². The van der Waals surface area contributed by atoms with E-state index in [1.54, 1.807) is 12.4 Å². The first-order valence-corrected chi connectivity index (χ1v) is 9.47. The Kier molecular flexibility index (Phi) is 5.53. The van der Waals surface area contributed by atoms with Gasteiger partial charge in [-0.05, 0) is 30.2 Å². The molecule has 1 N–H and O–H groups in total. The second-order valence-electron chi connectivity index (χ2n) is 6.34. The third kappa shape index (κ3) is 3.85. The van der Waals surface area contributed by atoms with Gasteiger partial charge in [0, 0.05) is 6.54 Å². The lowest BCUT2D eigenvalue weighted by Crippen LogP contribution is -2.35. The van der Waals surface area contributed by atoms with E-state index in [2.05, 4.69) is 30.8 Å². The molecular formula is C19H17Cl2N5O2. The van der Waals surface area contributed by atoms with Crippen molar-refractivity contribution in [2.24, 2.45) is 0 Å². The molecule has 1 aromatic carbocycles. The Bertz CT molecular complexity index is 1020. The Hall–Kier alpha value is -2.53. The summed E-state index contributed by atoms with van der Waals surface area (Å²) in [7, 11) is 0. The number of aromatic amines is 1. The third-order valence-electron chi connectivity index (χ3n) is 4.56. The van der Waals surface area contributed by atoms with E-state index in [1.165, 1.54) is 0 Å². The smallest absolute Gasteiger partial charge is 0.226 e. The molecule has 0 aliphatic carbocycles. The molecule has 7 nitrogen and oxygen atoms in total. The van der Waals surface area contributed by atoms with Crippen LogP contribution in [0.25, 0.3) is 11.2 Å². The number of ether oxygens (including phenoxy) is 2. The van der Waals surface area contributed by atoms with E-state index in [1.807, 2.05) is 18.2 Å². The molecule has 3 aromatic rings. The van der Waals surface area contributed by atoms with E-state index in [9.17, 15) is 0 Å². The number of hydrogen-bond acceptors (Lipinski definition) is 6. The molecule has 0 bridgehead atoms. The van der Waals surface area contributed by atoms with Gasteiger partial charge < -0.3 is 19.4 Å². The maximum Gasteiger partial charge on any atom is 0.226 e. The van der Waals surface area contributed by atoms with Crippen molar-refractivity contribution in [2.75, 3.05) is 24.7 Å².